The Kier molecular flexibility index (Phi) is 3.41. The van der Waals surface area contributed by atoms with Crippen molar-refractivity contribution in [2.45, 2.75) is 19.4 Å². The highest BCUT2D eigenvalue weighted by molar-refractivity contribution is 7.98. The summed E-state index contributed by atoms with van der Waals surface area (Å²) in [4.78, 5) is 0. The lowest BCUT2D eigenvalue weighted by molar-refractivity contribution is 0.719. The molecule has 15 heavy (non-hydrogen) atoms. The largest absolute Gasteiger partial charge is 0.381 e. The van der Waals surface area contributed by atoms with E-state index in [1.165, 1.54) is 29.1 Å². The highest BCUT2D eigenvalue weighted by Gasteiger charge is 2.16. The number of thioether (sulfide) groups is 1. The minimum absolute atomic E-state index is 0.577. The van der Waals surface area contributed by atoms with Gasteiger partial charge in [0.05, 0.1) is 11.4 Å². The summed E-state index contributed by atoms with van der Waals surface area (Å²) < 4.78 is 0. The van der Waals surface area contributed by atoms with Crippen molar-refractivity contribution in [3.63, 3.8) is 0 Å². The Morgan fingerprint density at radius 3 is 3.07 bits per heavy atom. The molecule has 0 aliphatic carbocycles. The van der Waals surface area contributed by atoms with Crippen LogP contribution < -0.4 is 10.6 Å². The molecule has 82 valence electrons. The Bertz CT molecular complexity index is 338. The predicted octanol–water partition coefficient (Wildman–Crippen LogP) is 2.95. The molecule has 1 unspecified atom stereocenters. The fourth-order valence-corrected chi connectivity index (χ4v) is 2.39. The highest BCUT2D eigenvalue weighted by Crippen LogP contribution is 2.27. The first kappa shape index (κ1) is 10.7. The van der Waals surface area contributed by atoms with Crippen LogP contribution in [0.15, 0.2) is 18.2 Å². The highest BCUT2D eigenvalue weighted by atomic mass is 32.2. The van der Waals surface area contributed by atoms with Crippen LogP contribution in [0.2, 0.25) is 0 Å². The van der Waals surface area contributed by atoms with E-state index in [0.717, 1.165) is 6.54 Å². The van der Waals surface area contributed by atoms with Gasteiger partial charge >= 0.3 is 0 Å². The van der Waals surface area contributed by atoms with Crippen molar-refractivity contribution in [2.24, 2.45) is 0 Å². The van der Waals surface area contributed by atoms with E-state index in [4.69, 9.17) is 0 Å². The van der Waals surface area contributed by atoms with Gasteiger partial charge in [-0.15, -0.1) is 0 Å². The summed E-state index contributed by atoms with van der Waals surface area (Å²) in [5.74, 6) is 1.22. The van der Waals surface area contributed by atoms with Gasteiger partial charge in [0.2, 0.25) is 0 Å². The second kappa shape index (κ2) is 4.79. The molecule has 0 aromatic heterocycles. The fourth-order valence-electron chi connectivity index (χ4n) is 1.87. The lowest BCUT2D eigenvalue weighted by Gasteiger charge is -2.28. The van der Waals surface area contributed by atoms with Crippen LogP contribution in [-0.2, 0) is 0 Å². The van der Waals surface area contributed by atoms with E-state index in [2.05, 4.69) is 42.0 Å². The summed E-state index contributed by atoms with van der Waals surface area (Å²) in [6, 6.07) is 7.10. The Hall–Kier alpha value is -0.830. The SMILES string of the molecule is CSCCC1CNc2cc(C)ccc2N1. The van der Waals surface area contributed by atoms with E-state index in [1.54, 1.807) is 0 Å². The van der Waals surface area contributed by atoms with Crippen LogP contribution in [0.25, 0.3) is 0 Å². The third-order valence-corrected chi connectivity index (χ3v) is 3.39. The van der Waals surface area contributed by atoms with Gasteiger partial charge in [0.15, 0.2) is 0 Å². The molecule has 1 aliphatic rings. The normalized spacial score (nSPS) is 18.9. The van der Waals surface area contributed by atoms with Crippen molar-refractivity contribution >= 4 is 23.1 Å². The second-order valence-corrected chi connectivity index (χ2v) is 5.04. The first-order valence-corrected chi connectivity index (χ1v) is 6.79. The summed E-state index contributed by atoms with van der Waals surface area (Å²) in [7, 11) is 0. The molecule has 3 heteroatoms. The lowest BCUT2D eigenvalue weighted by atomic mass is 10.1. The molecule has 2 N–H and O–H groups in total. The lowest BCUT2D eigenvalue weighted by Crippen LogP contribution is -2.33. The van der Waals surface area contributed by atoms with Gasteiger partial charge < -0.3 is 10.6 Å². The third-order valence-electron chi connectivity index (χ3n) is 2.74. The van der Waals surface area contributed by atoms with Gasteiger partial charge in [-0.2, -0.15) is 11.8 Å². The Morgan fingerprint density at radius 1 is 1.40 bits per heavy atom. The number of benzene rings is 1. The number of rotatable bonds is 3. The zero-order valence-electron chi connectivity index (χ0n) is 9.34. The molecule has 1 aliphatic heterocycles. The molecule has 2 nitrogen and oxygen atoms in total. The summed E-state index contributed by atoms with van der Waals surface area (Å²) in [5, 5.41) is 7.07. The van der Waals surface area contributed by atoms with Crippen LogP contribution in [0.4, 0.5) is 11.4 Å². The topological polar surface area (TPSA) is 24.1 Å². The van der Waals surface area contributed by atoms with E-state index in [1.807, 2.05) is 11.8 Å². The van der Waals surface area contributed by atoms with E-state index in [9.17, 15) is 0 Å². The Morgan fingerprint density at radius 2 is 2.27 bits per heavy atom. The van der Waals surface area contributed by atoms with Gasteiger partial charge in [-0.05, 0) is 43.0 Å². The van der Waals surface area contributed by atoms with Crippen molar-refractivity contribution in [3.05, 3.63) is 23.8 Å². The van der Waals surface area contributed by atoms with E-state index in [-0.39, 0.29) is 0 Å². The summed E-state index contributed by atoms with van der Waals surface area (Å²) >= 11 is 1.91. The molecule has 0 saturated heterocycles. The molecule has 0 amide bonds. The minimum Gasteiger partial charge on any atom is -0.381 e. The number of aryl methyl sites for hydroxylation is 1. The minimum atomic E-state index is 0.577. The van der Waals surface area contributed by atoms with Gasteiger partial charge in [-0.25, -0.2) is 0 Å². The number of hydrogen-bond donors (Lipinski definition) is 2. The average Bonchev–Trinajstić information content (AvgIpc) is 2.26. The number of nitrogens with one attached hydrogen (secondary N) is 2. The van der Waals surface area contributed by atoms with Gasteiger partial charge in [0, 0.05) is 12.6 Å². The van der Waals surface area contributed by atoms with Crippen LogP contribution in [0.5, 0.6) is 0 Å². The van der Waals surface area contributed by atoms with Crippen molar-refractivity contribution in [3.8, 4) is 0 Å². The predicted molar refractivity (Wildman–Crippen MR) is 70.1 cm³/mol. The standard InChI is InChI=1S/C12H18N2S/c1-9-3-4-11-12(7-9)13-8-10(14-11)5-6-15-2/h3-4,7,10,13-14H,5-6,8H2,1-2H3. The molecular weight excluding hydrogens is 204 g/mol. The molecule has 0 saturated carbocycles. The molecule has 1 aromatic carbocycles. The quantitative estimate of drug-likeness (QED) is 0.822. The van der Waals surface area contributed by atoms with Crippen LogP contribution >= 0.6 is 11.8 Å². The number of fused-ring (bicyclic) bond motifs is 1. The van der Waals surface area contributed by atoms with E-state index < -0.39 is 0 Å². The Balaban J connectivity index is 2.03. The first-order valence-electron chi connectivity index (χ1n) is 5.39. The van der Waals surface area contributed by atoms with E-state index in [0.29, 0.717) is 6.04 Å². The molecule has 2 rings (SSSR count). The number of anilines is 2. The zero-order chi connectivity index (χ0) is 10.7. The molecule has 1 aromatic rings. The van der Waals surface area contributed by atoms with Crippen molar-refractivity contribution < 1.29 is 0 Å². The van der Waals surface area contributed by atoms with Crippen molar-refractivity contribution in [1.29, 1.82) is 0 Å². The van der Waals surface area contributed by atoms with Crippen LogP contribution in [0.3, 0.4) is 0 Å². The van der Waals surface area contributed by atoms with Crippen LogP contribution in [-0.4, -0.2) is 24.6 Å². The molecular formula is C12H18N2S. The molecule has 0 spiro atoms. The van der Waals surface area contributed by atoms with E-state index >= 15 is 0 Å². The zero-order valence-corrected chi connectivity index (χ0v) is 10.2. The van der Waals surface area contributed by atoms with Crippen LogP contribution in [0, 0.1) is 6.92 Å². The Labute approximate surface area is 95.8 Å². The number of hydrogen-bond acceptors (Lipinski definition) is 3. The second-order valence-electron chi connectivity index (χ2n) is 4.05. The molecule has 0 bridgehead atoms. The smallest absolute Gasteiger partial charge is 0.0579 e. The van der Waals surface area contributed by atoms with Crippen molar-refractivity contribution in [2.75, 3.05) is 29.2 Å². The third kappa shape index (κ3) is 2.59. The van der Waals surface area contributed by atoms with Gasteiger partial charge in [0.25, 0.3) is 0 Å². The van der Waals surface area contributed by atoms with Gasteiger partial charge in [-0.1, -0.05) is 6.07 Å². The van der Waals surface area contributed by atoms with Gasteiger partial charge in [0.1, 0.15) is 0 Å². The van der Waals surface area contributed by atoms with Crippen LogP contribution in [0.1, 0.15) is 12.0 Å². The summed E-state index contributed by atoms with van der Waals surface area (Å²) in [6.07, 6.45) is 3.38. The molecule has 1 atom stereocenters. The molecule has 0 radical (unpaired) electrons. The maximum Gasteiger partial charge on any atom is 0.0579 e. The van der Waals surface area contributed by atoms with Crippen molar-refractivity contribution in [1.82, 2.24) is 0 Å². The fraction of sp³-hybridized carbons (Fsp3) is 0.500. The monoisotopic (exact) mass is 222 g/mol. The summed E-state index contributed by atoms with van der Waals surface area (Å²) in [6.45, 7) is 3.17. The maximum absolute atomic E-state index is 3.58. The first-order chi connectivity index (χ1) is 7.29. The molecule has 1 heterocycles. The summed E-state index contributed by atoms with van der Waals surface area (Å²) in [5.41, 5.74) is 3.80. The average molecular weight is 222 g/mol. The maximum atomic E-state index is 3.58. The molecule has 0 fully saturated rings. The van der Waals surface area contributed by atoms with Gasteiger partial charge in [-0.3, -0.25) is 0 Å².